The molecule has 7 heteroatoms. The van der Waals surface area contributed by atoms with Gasteiger partial charge in [-0.25, -0.2) is 0 Å². The van der Waals surface area contributed by atoms with E-state index in [0.717, 1.165) is 17.5 Å². The van der Waals surface area contributed by atoms with Gasteiger partial charge in [0.15, 0.2) is 0 Å². The molecule has 3 N–H and O–H groups in total. The van der Waals surface area contributed by atoms with Crippen LogP contribution in [0.25, 0.3) is 0 Å². The summed E-state index contributed by atoms with van der Waals surface area (Å²) in [5.74, 6) is -0.833. The van der Waals surface area contributed by atoms with E-state index in [1.807, 2.05) is 38.1 Å². The fourth-order valence-corrected chi connectivity index (χ4v) is 3.28. The minimum absolute atomic E-state index is 0.0261. The Morgan fingerprint density at radius 1 is 1.29 bits per heavy atom. The van der Waals surface area contributed by atoms with E-state index >= 15 is 0 Å². The van der Waals surface area contributed by atoms with Gasteiger partial charge in [0.1, 0.15) is 5.56 Å². The Morgan fingerprint density at radius 3 is 2.64 bits per heavy atom. The number of aromatic nitrogens is 1. The number of rotatable bonds is 6. The second kappa shape index (κ2) is 7.98. The molecule has 2 amide bonds. The summed E-state index contributed by atoms with van der Waals surface area (Å²) in [4.78, 5) is 37.8. The fraction of sp³-hybridized carbons (Fsp3) is 0.381. The molecule has 0 radical (unpaired) electrons. The number of aliphatic hydroxyl groups excluding tert-OH is 1. The van der Waals surface area contributed by atoms with Gasteiger partial charge in [-0.1, -0.05) is 29.8 Å². The highest BCUT2D eigenvalue weighted by molar-refractivity contribution is 5.99. The summed E-state index contributed by atoms with van der Waals surface area (Å²) in [6.07, 6.45) is 2.22. The summed E-state index contributed by atoms with van der Waals surface area (Å²) in [7, 11) is 1.44. The highest BCUT2D eigenvalue weighted by Crippen LogP contribution is 2.29. The van der Waals surface area contributed by atoms with Gasteiger partial charge in [-0.15, -0.1) is 0 Å². The van der Waals surface area contributed by atoms with Crippen LogP contribution in [0.3, 0.4) is 0 Å². The van der Waals surface area contributed by atoms with Gasteiger partial charge >= 0.3 is 0 Å². The van der Waals surface area contributed by atoms with E-state index in [0.29, 0.717) is 0 Å². The van der Waals surface area contributed by atoms with E-state index in [1.54, 1.807) is 0 Å². The van der Waals surface area contributed by atoms with Crippen molar-refractivity contribution < 1.29 is 14.7 Å². The molecule has 0 aliphatic heterocycles. The summed E-state index contributed by atoms with van der Waals surface area (Å²) in [5.41, 5.74) is 1.67. The van der Waals surface area contributed by atoms with Crippen molar-refractivity contribution in [3.05, 3.63) is 69.1 Å². The molecule has 0 spiro atoms. The Kier molecular flexibility index (Phi) is 5.65. The lowest BCUT2D eigenvalue weighted by atomic mass is 10.0. The first-order valence-corrected chi connectivity index (χ1v) is 9.32. The molecule has 1 heterocycles. The van der Waals surface area contributed by atoms with Gasteiger partial charge in [-0.3, -0.25) is 14.4 Å². The average Bonchev–Trinajstić information content (AvgIpc) is 3.45. The van der Waals surface area contributed by atoms with Crippen LogP contribution in [0, 0.1) is 12.8 Å². The van der Waals surface area contributed by atoms with Crippen molar-refractivity contribution >= 4 is 11.8 Å². The third-order valence-corrected chi connectivity index (χ3v) is 5.19. The SMILES string of the molecule is CNC(=O)c1cc(C(=O)N[C@H]2C[C@@H]2CO)cn([C@@H](C)c2cccc(C)c2)c1=O. The molecule has 3 rings (SSSR count). The lowest BCUT2D eigenvalue weighted by Gasteiger charge is -2.18. The fourth-order valence-electron chi connectivity index (χ4n) is 3.28. The van der Waals surface area contributed by atoms with Crippen LogP contribution in [0.2, 0.25) is 0 Å². The highest BCUT2D eigenvalue weighted by Gasteiger charge is 2.37. The summed E-state index contributed by atoms with van der Waals surface area (Å²) in [6.45, 7) is 3.85. The predicted octanol–water partition coefficient (Wildman–Crippen LogP) is 1.24. The summed E-state index contributed by atoms with van der Waals surface area (Å²) in [5, 5.41) is 14.5. The standard InChI is InChI=1S/C21H25N3O4/c1-12-5-4-6-14(7-12)13(2)24-10-15(8-17(21(24)28)20(27)22-3)19(26)23-18-9-16(18)11-25/h4-8,10,13,16,18,25H,9,11H2,1-3H3,(H,22,27)(H,23,26)/t13-,16+,18-/m0/s1. The lowest BCUT2D eigenvalue weighted by molar-refractivity contribution is 0.0946. The van der Waals surface area contributed by atoms with Crippen molar-refractivity contribution in [1.82, 2.24) is 15.2 Å². The van der Waals surface area contributed by atoms with Crippen LogP contribution in [0.1, 0.15) is 51.2 Å². The first kappa shape index (κ1) is 19.8. The molecule has 2 aromatic rings. The van der Waals surface area contributed by atoms with E-state index in [2.05, 4.69) is 10.6 Å². The van der Waals surface area contributed by atoms with Gasteiger partial charge in [0.2, 0.25) is 0 Å². The van der Waals surface area contributed by atoms with Crippen LogP contribution in [-0.2, 0) is 0 Å². The van der Waals surface area contributed by atoms with Crippen LogP contribution in [0.4, 0.5) is 0 Å². The number of hydrogen-bond acceptors (Lipinski definition) is 4. The van der Waals surface area contributed by atoms with E-state index in [4.69, 9.17) is 5.11 Å². The maximum absolute atomic E-state index is 12.9. The zero-order chi connectivity index (χ0) is 20.4. The quantitative estimate of drug-likeness (QED) is 0.699. The van der Waals surface area contributed by atoms with Crippen molar-refractivity contribution in [1.29, 1.82) is 0 Å². The number of nitrogens with zero attached hydrogens (tertiary/aromatic N) is 1. The number of carbonyl (C=O) groups is 2. The van der Waals surface area contributed by atoms with Gasteiger partial charge in [0.25, 0.3) is 17.4 Å². The van der Waals surface area contributed by atoms with Crippen molar-refractivity contribution in [2.75, 3.05) is 13.7 Å². The molecular weight excluding hydrogens is 358 g/mol. The smallest absolute Gasteiger partial charge is 0.264 e. The second-order valence-electron chi connectivity index (χ2n) is 7.28. The molecule has 1 aromatic heterocycles. The third-order valence-electron chi connectivity index (χ3n) is 5.19. The third kappa shape index (κ3) is 3.99. The van der Waals surface area contributed by atoms with Crippen molar-refractivity contribution in [3.8, 4) is 0 Å². The summed E-state index contributed by atoms with van der Waals surface area (Å²) in [6, 6.07) is 8.65. The number of hydrogen-bond donors (Lipinski definition) is 3. The lowest BCUT2D eigenvalue weighted by Crippen LogP contribution is -2.35. The predicted molar refractivity (Wildman–Crippen MR) is 106 cm³/mol. The number of pyridine rings is 1. The Bertz CT molecular complexity index is 966. The maximum atomic E-state index is 12.9. The number of aliphatic hydroxyl groups is 1. The van der Waals surface area contributed by atoms with Crippen LogP contribution in [0.5, 0.6) is 0 Å². The Labute approximate surface area is 163 Å². The minimum Gasteiger partial charge on any atom is -0.396 e. The topological polar surface area (TPSA) is 100 Å². The summed E-state index contributed by atoms with van der Waals surface area (Å²) >= 11 is 0. The first-order valence-electron chi connectivity index (χ1n) is 9.32. The van der Waals surface area contributed by atoms with E-state index in [9.17, 15) is 14.4 Å². The van der Waals surface area contributed by atoms with Crippen molar-refractivity contribution in [3.63, 3.8) is 0 Å². The molecule has 0 unspecified atom stereocenters. The van der Waals surface area contributed by atoms with Crippen molar-refractivity contribution in [2.45, 2.75) is 32.4 Å². The number of amides is 2. The van der Waals surface area contributed by atoms with E-state index < -0.39 is 11.5 Å². The van der Waals surface area contributed by atoms with E-state index in [1.165, 1.54) is 23.9 Å². The molecule has 1 aliphatic rings. The van der Waals surface area contributed by atoms with Crippen molar-refractivity contribution in [2.24, 2.45) is 5.92 Å². The number of aryl methyl sites for hydroxylation is 1. The Balaban J connectivity index is 2.02. The largest absolute Gasteiger partial charge is 0.396 e. The maximum Gasteiger partial charge on any atom is 0.264 e. The molecular formula is C21H25N3O4. The molecule has 1 fully saturated rings. The molecule has 3 atom stereocenters. The minimum atomic E-state index is -0.538. The monoisotopic (exact) mass is 383 g/mol. The molecule has 7 nitrogen and oxygen atoms in total. The van der Waals surface area contributed by atoms with Crippen LogP contribution in [0.15, 0.2) is 41.3 Å². The zero-order valence-corrected chi connectivity index (χ0v) is 16.2. The van der Waals surface area contributed by atoms with Crippen LogP contribution < -0.4 is 16.2 Å². The van der Waals surface area contributed by atoms with Gasteiger partial charge in [0, 0.05) is 31.8 Å². The molecule has 1 saturated carbocycles. The Morgan fingerprint density at radius 2 is 2.04 bits per heavy atom. The zero-order valence-electron chi connectivity index (χ0n) is 16.2. The highest BCUT2D eigenvalue weighted by atomic mass is 16.3. The van der Waals surface area contributed by atoms with Gasteiger partial charge in [-0.2, -0.15) is 0 Å². The first-order chi connectivity index (χ1) is 13.3. The van der Waals surface area contributed by atoms with E-state index in [-0.39, 0.29) is 41.6 Å². The van der Waals surface area contributed by atoms with Gasteiger partial charge in [0.05, 0.1) is 11.6 Å². The molecule has 0 bridgehead atoms. The molecule has 1 aromatic carbocycles. The molecule has 28 heavy (non-hydrogen) atoms. The normalized spacial score (nSPS) is 19.0. The second-order valence-corrected chi connectivity index (χ2v) is 7.28. The summed E-state index contributed by atoms with van der Waals surface area (Å²) < 4.78 is 1.42. The van der Waals surface area contributed by atoms with Crippen LogP contribution in [-0.4, -0.2) is 41.2 Å². The van der Waals surface area contributed by atoms with Crippen LogP contribution >= 0.6 is 0 Å². The number of nitrogens with one attached hydrogen (secondary N) is 2. The number of benzene rings is 1. The van der Waals surface area contributed by atoms with Gasteiger partial charge in [-0.05, 0) is 31.9 Å². The Hall–Kier alpha value is -2.93. The van der Waals surface area contributed by atoms with Gasteiger partial charge < -0.3 is 20.3 Å². The number of carbonyl (C=O) groups excluding carboxylic acids is 2. The molecule has 1 aliphatic carbocycles. The molecule has 148 valence electrons. The molecule has 0 saturated heterocycles. The average molecular weight is 383 g/mol.